The first-order valence-corrected chi connectivity index (χ1v) is 5.06. The quantitative estimate of drug-likeness (QED) is 0.581. The van der Waals surface area contributed by atoms with Crippen molar-refractivity contribution < 1.29 is 4.79 Å². The maximum absolute atomic E-state index is 11.6. The third-order valence-corrected chi connectivity index (χ3v) is 3.53. The van der Waals surface area contributed by atoms with Gasteiger partial charge in [0.05, 0.1) is 5.54 Å². The molecule has 0 aliphatic carbocycles. The van der Waals surface area contributed by atoms with Crippen LogP contribution in [-0.2, 0) is 4.79 Å². The third kappa shape index (κ3) is 1.24. The van der Waals surface area contributed by atoms with E-state index in [-0.39, 0.29) is 17.5 Å². The zero-order chi connectivity index (χ0) is 9.64. The van der Waals surface area contributed by atoms with Crippen LogP contribution in [0.1, 0.15) is 26.7 Å². The summed E-state index contributed by atoms with van der Waals surface area (Å²) < 4.78 is 0. The fourth-order valence-electron chi connectivity index (χ4n) is 2.09. The Kier molecular flexibility index (Phi) is 1.84. The molecule has 13 heavy (non-hydrogen) atoms. The molecule has 2 rings (SSSR count). The summed E-state index contributed by atoms with van der Waals surface area (Å²) in [5.41, 5.74) is -0.340. The van der Waals surface area contributed by atoms with Crippen molar-refractivity contribution in [1.82, 2.24) is 10.2 Å². The summed E-state index contributed by atoms with van der Waals surface area (Å²) >= 11 is 5.34. The Labute approximate surface area is 83.5 Å². The average molecular weight is 198 g/mol. The fourth-order valence-corrected chi connectivity index (χ4v) is 2.36. The van der Waals surface area contributed by atoms with Crippen LogP contribution in [0.15, 0.2) is 0 Å². The fraction of sp³-hybridized carbons (Fsp3) is 0.778. The lowest BCUT2D eigenvalue weighted by Gasteiger charge is -2.42. The summed E-state index contributed by atoms with van der Waals surface area (Å²) in [7, 11) is 0. The Morgan fingerprint density at radius 1 is 1.62 bits per heavy atom. The predicted molar refractivity (Wildman–Crippen MR) is 54.5 cm³/mol. The minimum atomic E-state index is -0.340. The molecule has 2 fully saturated rings. The summed E-state index contributed by atoms with van der Waals surface area (Å²) in [5, 5.41) is 2.96. The Bertz CT molecular complexity index is 275. The van der Waals surface area contributed by atoms with Crippen LogP contribution < -0.4 is 5.32 Å². The van der Waals surface area contributed by atoms with Gasteiger partial charge < -0.3 is 10.2 Å². The molecule has 3 nitrogen and oxygen atoms in total. The van der Waals surface area contributed by atoms with Crippen molar-refractivity contribution in [3.63, 3.8) is 0 Å². The number of carbonyl (C=O) groups is 1. The number of nitrogens with zero attached hydrogens (tertiary/aromatic N) is 1. The second kappa shape index (κ2) is 2.67. The lowest BCUT2D eigenvalue weighted by molar-refractivity contribution is -0.126. The average Bonchev–Trinajstić information content (AvgIpc) is 2.47. The molecule has 0 unspecified atom stereocenters. The van der Waals surface area contributed by atoms with Crippen molar-refractivity contribution in [2.45, 2.75) is 38.3 Å². The minimum Gasteiger partial charge on any atom is -0.352 e. The number of thiocarbonyl (C=S) groups is 1. The first-order valence-electron chi connectivity index (χ1n) is 4.65. The zero-order valence-corrected chi connectivity index (χ0v) is 8.78. The highest BCUT2D eigenvalue weighted by Gasteiger charge is 2.44. The van der Waals surface area contributed by atoms with E-state index < -0.39 is 0 Å². The van der Waals surface area contributed by atoms with Gasteiger partial charge in [0.25, 0.3) is 0 Å². The lowest BCUT2D eigenvalue weighted by atomic mass is 9.99. The van der Waals surface area contributed by atoms with Gasteiger partial charge in [-0.25, -0.2) is 0 Å². The predicted octanol–water partition coefficient (Wildman–Crippen LogP) is 0.687. The zero-order valence-electron chi connectivity index (χ0n) is 7.96. The molecule has 2 heterocycles. The van der Waals surface area contributed by atoms with Crippen LogP contribution >= 0.6 is 12.2 Å². The highest BCUT2D eigenvalue weighted by molar-refractivity contribution is 7.80. The molecule has 2 aliphatic rings. The molecule has 0 aromatic rings. The topological polar surface area (TPSA) is 32.3 Å². The third-order valence-electron chi connectivity index (χ3n) is 2.79. The normalized spacial score (nSPS) is 31.5. The molecule has 0 bridgehead atoms. The Hall–Kier alpha value is -0.640. The van der Waals surface area contributed by atoms with Gasteiger partial charge in [0, 0.05) is 6.54 Å². The maximum Gasteiger partial charge on any atom is 0.243 e. The molecule has 1 N–H and O–H groups in total. The minimum absolute atomic E-state index is 0.0144. The second-order valence-electron chi connectivity index (χ2n) is 4.27. The number of nitrogens with one attached hydrogen (secondary N) is 1. The molecular formula is C9H14N2OS. The summed E-state index contributed by atoms with van der Waals surface area (Å²) in [5.74, 6) is 0.135. The lowest BCUT2D eigenvalue weighted by Crippen LogP contribution is -2.65. The van der Waals surface area contributed by atoms with Gasteiger partial charge in [-0.05, 0) is 26.7 Å². The Balaban J connectivity index is 2.30. The first-order chi connectivity index (χ1) is 6.02. The SMILES string of the molecule is CC1(C)NC(=O)[C@@H]2CCCN2C1=S. The monoisotopic (exact) mass is 198 g/mol. The van der Waals surface area contributed by atoms with Crippen molar-refractivity contribution >= 4 is 23.1 Å². The molecule has 72 valence electrons. The summed E-state index contributed by atoms with van der Waals surface area (Å²) in [4.78, 5) is 14.6. The molecular weight excluding hydrogens is 184 g/mol. The molecule has 0 radical (unpaired) electrons. The van der Waals surface area contributed by atoms with Crippen LogP contribution in [0.25, 0.3) is 0 Å². The molecule has 1 amide bonds. The molecule has 4 heteroatoms. The van der Waals surface area contributed by atoms with Crippen molar-refractivity contribution in [3.8, 4) is 0 Å². The van der Waals surface area contributed by atoms with E-state index in [0.29, 0.717) is 0 Å². The molecule has 0 aromatic heterocycles. The van der Waals surface area contributed by atoms with Crippen LogP contribution in [0.3, 0.4) is 0 Å². The van der Waals surface area contributed by atoms with Crippen LogP contribution in [0.2, 0.25) is 0 Å². The van der Waals surface area contributed by atoms with Gasteiger partial charge >= 0.3 is 0 Å². The number of carbonyl (C=O) groups excluding carboxylic acids is 1. The van der Waals surface area contributed by atoms with Gasteiger partial charge in [-0.3, -0.25) is 4.79 Å². The van der Waals surface area contributed by atoms with Gasteiger partial charge in [-0.1, -0.05) is 12.2 Å². The van der Waals surface area contributed by atoms with Crippen LogP contribution in [-0.4, -0.2) is 33.9 Å². The number of piperazine rings is 1. The first kappa shape index (κ1) is 8.94. The standard InChI is InChI=1S/C9H14N2OS/c1-9(2)8(13)11-5-3-4-6(11)7(12)10-9/h6H,3-5H2,1-2H3,(H,10,12)/t6-/m0/s1. The van der Waals surface area contributed by atoms with Crippen molar-refractivity contribution in [2.24, 2.45) is 0 Å². The van der Waals surface area contributed by atoms with Crippen LogP contribution in [0, 0.1) is 0 Å². The van der Waals surface area contributed by atoms with Crippen molar-refractivity contribution in [3.05, 3.63) is 0 Å². The number of fused-ring (bicyclic) bond motifs is 1. The van der Waals surface area contributed by atoms with Crippen molar-refractivity contribution in [2.75, 3.05) is 6.54 Å². The number of hydrogen-bond donors (Lipinski definition) is 1. The summed E-state index contributed by atoms with van der Waals surface area (Å²) in [6.45, 7) is 4.86. The summed E-state index contributed by atoms with van der Waals surface area (Å²) in [6.07, 6.45) is 2.02. The van der Waals surface area contributed by atoms with E-state index in [1.165, 1.54) is 0 Å². The number of amides is 1. The largest absolute Gasteiger partial charge is 0.352 e. The van der Waals surface area contributed by atoms with Gasteiger partial charge in [0.15, 0.2) is 0 Å². The van der Waals surface area contributed by atoms with Gasteiger partial charge in [0.1, 0.15) is 11.0 Å². The molecule has 1 atom stereocenters. The van der Waals surface area contributed by atoms with E-state index in [0.717, 1.165) is 24.4 Å². The van der Waals surface area contributed by atoms with Crippen molar-refractivity contribution in [1.29, 1.82) is 0 Å². The van der Waals surface area contributed by atoms with E-state index in [1.54, 1.807) is 0 Å². The van der Waals surface area contributed by atoms with Gasteiger partial charge in [0.2, 0.25) is 5.91 Å². The van der Waals surface area contributed by atoms with E-state index in [1.807, 2.05) is 13.8 Å². The van der Waals surface area contributed by atoms with Gasteiger partial charge in [-0.15, -0.1) is 0 Å². The second-order valence-corrected chi connectivity index (χ2v) is 4.66. The van der Waals surface area contributed by atoms with E-state index in [9.17, 15) is 4.79 Å². The Morgan fingerprint density at radius 2 is 2.31 bits per heavy atom. The number of rotatable bonds is 0. The van der Waals surface area contributed by atoms with E-state index in [4.69, 9.17) is 12.2 Å². The maximum atomic E-state index is 11.6. The van der Waals surface area contributed by atoms with Gasteiger partial charge in [-0.2, -0.15) is 0 Å². The smallest absolute Gasteiger partial charge is 0.243 e. The number of hydrogen-bond acceptors (Lipinski definition) is 2. The molecule has 0 aromatic carbocycles. The molecule has 2 aliphatic heterocycles. The van der Waals surface area contributed by atoms with Crippen LogP contribution in [0.4, 0.5) is 0 Å². The van der Waals surface area contributed by atoms with Crippen LogP contribution in [0.5, 0.6) is 0 Å². The molecule has 2 saturated heterocycles. The molecule has 0 spiro atoms. The molecule has 0 saturated carbocycles. The Morgan fingerprint density at radius 3 is 3.00 bits per heavy atom. The highest BCUT2D eigenvalue weighted by Crippen LogP contribution is 2.26. The van der Waals surface area contributed by atoms with E-state index >= 15 is 0 Å². The summed E-state index contributed by atoms with van der Waals surface area (Å²) in [6, 6.07) is 0.0144. The highest BCUT2D eigenvalue weighted by atomic mass is 32.1. The van der Waals surface area contributed by atoms with E-state index in [2.05, 4.69) is 10.2 Å².